The maximum absolute atomic E-state index is 13.1. The summed E-state index contributed by atoms with van der Waals surface area (Å²) in [6.45, 7) is 11.7. The normalized spacial score (nSPS) is 12.0. The minimum Gasteiger partial charge on any atom is -0.438 e. The van der Waals surface area contributed by atoms with E-state index in [4.69, 9.17) is 10.5 Å². The number of amides is 1. The Morgan fingerprint density at radius 2 is 1.76 bits per heavy atom. The number of anilines is 1. The Kier molecular flexibility index (Phi) is 6.25. The molecule has 0 aliphatic carbocycles. The van der Waals surface area contributed by atoms with Gasteiger partial charge in [-0.2, -0.15) is 5.10 Å². The van der Waals surface area contributed by atoms with Gasteiger partial charge in [0.15, 0.2) is 5.82 Å². The summed E-state index contributed by atoms with van der Waals surface area (Å²) in [5.74, 6) is -0.512. The standard InChI is InChI=1S/C23H29N5O4S.H2/c1-13-10-14(2)19(15(3)11-13)32-22-16(8-9-18(25-22)23(4,5)6)21(29)27-33(30,31)17-12-28(7)26-20(17)24;/h8-12H,1-7H3,(H2,24,26)(H,27,29);1H. The summed E-state index contributed by atoms with van der Waals surface area (Å²) in [7, 11) is -2.73. The van der Waals surface area contributed by atoms with E-state index in [-0.39, 0.29) is 29.0 Å². The molecule has 2 aromatic heterocycles. The molecule has 0 saturated carbocycles. The fourth-order valence-corrected chi connectivity index (χ4v) is 4.53. The van der Waals surface area contributed by atoms with Gasteiger partial charge in [-0.25, -0.2) is 18.1 Å². The zero-order valence-corrected chi connectivity index (χ0v) is 20.7. The molecule has 0 spiro atoms. The fraction of sp³-hybridized carbons (Fsp3) is 0.348. The number of hydrogen-bond donors (Lipinski definition) is 2. The molecule has 0 unspecified atom stereocenters. The molecule has 3 rings (SSSR count). The zero-order chi connectivity index (χ0) is 24.7. The summed E-state index contributed by atoms with van der Waals surface area (Å²) in [5.41, 5.74) is 8.86. The minimum absolute atomic E-state index is 0. The number of nitrogen functional groups attached to an aromatic ring is 1. The third-order valence-electron chi connectivity index (χ3n) is 5.02. The molecule has 10 heteroatoms. The van der Waals surface area contributed by atoms with Crippen molar-refractivity contribution in [3.05, 3.63) is 58.4 Å². The van der Waals surface area contributed by atoms with Gasteiger partial charge in [0.25, 0.3) is 15.9 Å². The first-order chi connectivity index (χ1) is 15.2. The molecule has 3 N–H and O–H groups in total. The first-order valence-electron chi connectivity index (χ1n) is 10.3. The van der Waals surface area contributed by atoms with Crippen LogP contribution in [-0.4, -0.2) is 29.1 Å². The van der Waals surface area contributed by atoms with E-state index in [0.717, 1.165) is 16.7 Å². The van der Waals surface area contributed by atoms with Crippen LogP contribution in [0.4, 0.5) is 5.82 Å². The third-order valence-corrected chi connectivity index (χ3v) is 6.36. The molecule has 0 radical (unpaired) electrons. The minimum atomic E-state index is -4.26. The number of sulfonamides is 1. The first-order valence-corrected chi connectivity index (χ1v) is 11.8. The van der Waals surface area contributed by atoms with Crippen molar-refractivity contribution in [1.29, 1.82) is 0 Å². The largest absolute Gasteiger partial charge is 0.438 e. The number of nitrogens with one attached hydrogen (secondary N) is 1. The van der Waals surface area contributed by atoms with Crippen LogP contribution in [0.15, 0.2) is 35.4 Å². The lowest BCUT2D eigenvalue weighted by Gasteiger charge is -2.21. The smallest absolute Gasteiger partial charge is 0.270 e. The lowest BCUT2D eigenvalue weighted by Crippen LogP contribution is -2.31. The lowest BCUT2D eigenvalue weighted by atomic mass is 9.91. The molecular weight excluding hydrogens is 442 g/mol. The molecule has 178 valence electrons. The second-order valence-electron chi connectivity index (χ2n) is 9.12. The topological polar surface area (TPSA) is 129 Å². The molecule has 1 aromatic carbocycles. The number of aromatic nitrogens is 3. The lowest BCUT2D eigenvalue weighted by molar-refractivity contribution is 0.0978. The van der Waals surface area contributed by atoms with Gasteiger partial charge >= 0.3 is 0 Å². The number of nitrogens with two attached hydrogens (primary N) is 1. The molecule has 0 fully saturated rings. The molecular formula is C23H31N5O4S. The van der Waals surface area contributed by atoms with E-state index < -0.39 is 15.9 Å². The van der Waals surface area contributed by atoms with Crippen molar-refractivity contribution in [2.75, 3.05) is 5.73 Å². The van der Waals surface area contributed by atoms with E-state index in [9.17, 15) is 13.2 Å². The van der Waals surface area contributed by atoms with Crippen molar-refractivity contribution in [3.8, 4) is 11.6 Å². The average Bonchev–Trinajstić information content (AvgIpc) is 3.02. The molecule has 0 atom stereocenters. The molecule has 0 aliphatic heterocycles. The van der Waals surface area contributed by atoms with E-state index in [0.29, 0.717) is 11.4 Å². The second-order valence-corrected chi connectivity index (χ2v) is 10.8. The van der Waals surface area contributed by atoms with Crippen LogP contribution in [-0.2, 0) is 22.5 Å². The van der Waals surface area contributed by atoms with E-state index in [1.807, 2.05) is 58.4 Å². The van der Waals surface area contributed by atoms with Crippen LogP contribution in [0.2, 0.25) is 0 Å². The number of rotatable bonds is 5. The highest BCUT2D eigenvalue weighted by Crippen LogP contribution is 2.33. The van der Waals surface area contributed by atoms with Gasteiger partial charge in [0.2, 0.25) is 5.88 Å². The molecule has 3 aromatic rings. The summed E-state index contributed by atoms with van der Waals surface area (Å²) in [6, 6.07) is 7.12. The van der Waals surface area contributed by atoms with Gasteiger partial charge in [-0.3, -0.25) is 9.48 Å². The number of benzene rings is 1. The number of carbonyl (C=O) groups is 1. The number of hydrogen-bond acceptors (Lipinski definition) is 7. The summed E-state index contributed by atoms with van der Waals surface area (Å²) in [6.07, 6.45) is 1.22. The van der Waals surface area contributed by atoms with Crippen LogP contribution in [0, 0.1) is 20.8 Å². The molecule has 2 heterocycles. The van der Waals surface area contributed by atoms with Crippen LogP contribution in [0.5, 0.6) is 11.6 Å². The molecule has 0 saturated heterocycles. The third kappa shape index (κ3) is 5.16. The number of ether oxygens (including phenoxy) is 1. The SMILES string of the molecule is Cc1cc(C)c(Oc2nc(C(C)(C)C)ccc2C(=O)NS(=O)(=O)c2cn(C)nc2N)c(C)c1.[HH]. The highest BCUT2D eigenvalue weighted by molar-refractivity contribution is 7.90. The fourth-order valence-electron chi connectivity index (χ4n) is 3.46. The highest BCUT2D eigenvalue weighted by atomic mass is 32.2. The number of carbonyl (C=O) groups excluding carboxylic acids is 1. The monoisotopic (exact) mass is 473 g/mol. The second kappa shape index (κ2) is 8.51. The zero-order valence-electron chi connectivity index (χ0n) is 19.8. The summed E-state index contributed by atoms with van der Waals surface area (Å²) in [4.78, 5) is 17.4. The summed E-state index contributed by atoms with van der Waals surface area (Å²) >= 11 is 0. The predicted octanol–water partition coefficient (Wildman–Crippen LogP) is 3.78. The van der Waals surface area contributed by atoms with Gasteiger partial charge < -0.3 is 10.5 Å². The van der Waals surface area contributed by atoms with Crippen LogP contribution in [0.25, 0.3) is 0 Å². The molecule has 1 amide bonds. The molecule has 0 aliphatic rings. The molecule has 0 bridgehead atoms. The van der Waals surface area contributed by atoms with E-state index in [2.05, 4.69) is 10.1 Å². The number of nitrogens with zero attached hydrogens (tertiary/aromatic N) is 3. The Morgan fingerprint density at radius 1 is 1.15 bits per heavy atom. The summed E-state index contributed by atoms with van der Waals surface area (Å²) < 4.78 is 35.0. The van der Waals surface area contributed by atoms with Crippen molar-refractivity contribution in [2.24, 2.45) is 7.05 Å². The maximum atomic E-state index is 13.1. The first kappa shape index (κ1) is 24.2. The van der Waals surface area contributed by atoms with Crippen molar-refractivity contribution in [2.45, 2.75) is 51.9 Å². The average molecular weight is 474 g/mol. The van der Waals surface area contributed by atoms with Gasteiger partial charge in [0, 0.05) is 25.8 Å². The van der Waals surface area contributed by atoms with E-state index >= 15 is 0 Å². The van der Waals surface area contributed by atoms with Gasteiger partial charge in [-0.15, -0.1) is 0 Å². The van der Waals surface area contributed by atoms with Gasteiger partial charge in [0.05, 0.1) is 0 Å². The van der Waals surface area contributed by atoms with Crippen LogP contribution in [0.1, 0.15) is 54.9 Å². The Bertz CT molecular complexity index is 1320. The van der Waals surface area contributed by atoms with Gasteiger partial charge in [-0.05, 0) is 44.0 Å². The van der Waals surface area contributed by atoms with Crippen molar-refractivity contribution < 1.29 is 19.4 Å². The van der Waals surface area contributed by atoms with Crippen LogP contribution >= 0.6 is 0 Å². The predicted molar refractivity (Wildman–Crippen MR) is 128 cm³/mol. The Hall–Kier alpha value is -3.40. The quantitative estimate of drug-likeness (QED) is 0.577. The van der Waals surface area contributed by atoms with Gasteiger partial charge in [0.1, 0.15) is 16.2 Å². The van der Waals surface area contributed by atoms with Crippen molar-refractivity contribution >= 4 is 21.7 Å². The van der Waals surface area contributed by atoms with Gasteiger partial charge in [-0.1, -0.05) is 38.5 Å². The maximum Gasteiger partial charge on any atom is 0.270 e. The molecule has 9 nitrogen and oxygen atoms in total. The Balaban J connectivity index is 0.00000408. The number of aryl methyl sites for hydroxylation is 4. The Labute approximate surface area is 195 Å². The van der Waals surface area contributed by atoms with Crippen LogP contribution in [0.3, 0.4) is 0 Å². The summed E-state index contributed by atoms with van der Waals surface area (Å²) in [5, 5.41) is 3.82. The van der Waals surface area contributed by atoms with E-state index in [1.165, 1.54) is 24.0 Å². The van der Waals surface area contributed by atoms with E-state index in [1.54, 1.807) is 6.07 Å². The Morgan fingerprint density at radius 3 is 2.27 bits per heavy atom. The number of pyridine rings is 1. The van der Waals surface area contributed by atoms with Crippen molar-refractivity contribution in [3.63, 3.8) is 0 Å². The highest BCUT2D eigenvalue weighted by Gasteiger charge is 2.27. The molecule has 33 heavy (non-hydrogen) atoms. The van der Waals surface area contributed by atoms with Crippen LogP contribution < -0.4 is 15.2 Å². The van der Waals surface area contributed by atoms with Crippen molar-refractivity contribution in [1.82, 2.24) is 19.5 Å².